The second-order valence-corrected chi connectivity index (χ2v) is 8.35. The molecule has 0 N–H and O–H groups in total. The number of hydrogen-bond donors (Lipinski definition) is 0. The fourth-order valence-electron chi connectivity index (χ4n) is 3.21. The van der Waals surface area contributed by atoms with Crippen molar-refractivity contribution in [3.63, 3.8) is 0 Å². The lowest BCUT2D eigenvalue weighted by Crippen LogP contribution is -2.41. The molecule has 0 spiro atoms. The van der Waals surface area contributed by atoms with Crippen molar-refractivity contribution in [3.8, 4) is 5.88 Å². The number of ether oxygens (including phenoxy) is 1. The zero-order valence-corrected chi connectivity index (χ0v) is 15.3. The van der Waals surface area contributed by atoms with E-state index in [0.717, 1.165) is 16.8 Å². The zero-order chi connectivity index (χ0) is 18.9. The molecule has 0 saturated carbocycles. The molecule has 1 aliphatic rings. The van der Waals surface area contributed by atoms with Gasteiger partial charge in [-0.25, -0.2) is 12.8 Å². The second-order valence-electron chi connectivity index (χ2n) is 6.42. The molecule has 1 saturated heterocycles. The van der Waals surface area contributed by atoms with E-state index in [0.29, 0.717) is 31.8 Å². The van der Waals surface area contributed by atoms with Crippen molar-refractivity contribution >= 4 is 20.8 Å². The Kier molecular flexibility index (Phi) is 4.75. The minimum Gasteiger partial charge on any atom is -0.473 e. The molecule has 0 unspecified atom stereocenters. The van der Waals surface area contributed by atoms with Crippen LogP contribution in [0, 0.1) is 5.82 Å². The summed E-state index contributed by atoms with van der Waals surface area (Å²) in [6, 6.07) is 12.8. The lowest BCUT2D eigenvalue weighted by Gasteiger charge is -2.31. The molecular formula is C19H18FN3O3S. The van der Waals surface area contributed by atoms with Gasteiger partial charge < -0.3 is 4.74 Å². The first-order valence-corrected chi connectivity index (χ1v) is 10.1. The maximum Gasteiger partial charge on any atom is 0.243 e. The van der Waals surface area contributed by atoms with E-state index in [1.54, 1.807) is 6.20 Å². The molecule has 1 fully saturated rings. The number of sulfonamides is 1. The zero-order valence-electron chi connectivity index (χ0n) is 14.5. The van der Waals surface area contributed by atoms with Gasteiger partial charge in [-0.15, -0.1) is 5.10 Å². The molecule has 6 nitrogen and oxygen atoms in total. The molecule has 8 heteroatoms. The van der Waals surface area contributed by atoms with Gasteiger partial charge in [0.2, 0.25) is 15.9 Å². The van der Waals surface area contributed by atoms with Gasteiger partial charge in [0.05, 0.1) is 11.1 Å². The molecule has 1 aromatic heterocycles. The molecule has 0 amide bonds. The molecule has 0 bridgehead atoms. The van der Waals surface area contributed by atoms with E-state index < -0.39 is 15.8 Å². The summed E-state index contributed by atoms with van der Waals surface area (Å²) < 4.78 is 46.1. The molecular weight excluding hydrogens is 369 g/mol. The number of piperidine rings is 1. The molecule has 140 valence electrons. The molecule has 4 rings (SSSR count). The number of aromatic nitrogens is 2. The van der Waals surface area contributed by atoms with Crippen molar-refractivity contribution < 1.29 is 17.5 Å². The number of nitrogens with zero attached hydrogens (tertiary/aromatic N) is 3. The van der Waals surface area contributed by atoms with E-state index in [-0.39, 0.29) is 11.0 Å². The van der Waals surface area contributed by atoms with Gasteiger partial charge in [0.15, 0.2) is 0 Å². The number of hydrogen-bond acceptors (Lipinski definition) is 5. The van der Waals surface area contributed by atoms with Crippen LogP contribution in [-0.4, -0.2) is 42.1 Å². The second kappa shape index (κ2) is 7.21. The van der Waals surface area contributed by atoms with Gasteiger partial charge in [-0.2, -0.15) is 9.40 Å². The van der Waals surface area contributed by atoms with Crippen molar-refractivity contribution in [2.24, 2.45) is 0 Å². The normalized spacial score (nSPS) is 16.5. The van der Waals surface area contributed by atoms with E-state index in [1.165, 1.54) is 22.5 Å². The van der Waals surface area contributed by atoms with Crippen LogP contribution in [-0.2, 0) is 10.0 Å². The molecule has 0 radical (unpaired) electrons. The Balaban J connectivity index is 1.46. The molecule has 0 atom stereocenters. The minimum atomic E-state index is -3.71. The Morgan fingerprint density at radius 2 is 1.85 bits per heavy atom. The van der Waals surface area contributed by atoms with Crippen LogP contribution in [0.25, 0.3) is 10.8 Å². The van der Waals surface area contributed by atoms with E-state index in [9.17, 15) is 12.8 Å². The van der Waals surface area contributed by atoms with Crippen LogP contribution in [0.3, 0.4) is 0 Å². The van der Waals surface area contributed by atoms with Crippen LogP contribution < -0.4 is 4.74 Å². The smallest absolute Gasteiger partial charge is 0.243 e. The molecule has 2 aromatic carbocycles. The monoisotopic (exact) mass is 387 g/mol. The topological polar surface area (TPSA) is 72.4 Å². The highest BCUT2D eigenvalue weighted by Crippen LogP contribution is 2.27. The van der Waals surface area contributed by atoms with Gasteiger partial charge >= 0.3 is 0 Å². The third-order valence-electron chi connectivity index (χ3n) is 4.65. The molecule has 1 aliphatic heterocycles. The van der Waals surface area contributed by atoms with Gasteiger partial charge in [-0.05, 0) is 37.1 Å². The standard InChI is InChI=1S/C19H18FN3O3S/c20-15-5-3-6-17(12-15)27(24,25)23-10-8-16(9-11-23)26-19-18-7-2-1-4-14(18)13-21-22-19/h1-7,12-13,16H,8-11H2. The number of benzene rings is 2. The number of rotatable bonds is 4. The highest BCUT2D eigenvalue weighted by molar-refractivity contribution is 7.89. The minimum absolute atomic E-state index is 0.0261. The SMILES string of the molecule is O=S(=O)(c1cccc(F)c1)N1CCC(Oc2nncc3ccccc23)CC1. The Morgan fingerprint density at radius 3 is 2.63 bits per heavy atom. The first-order chi connectivity index (χ1) is 13.0. The van der Waals surface area contributed by atoms with Crippen LogP contribution in [0.1, 0.15) is 12.8 Å². The van der Waals surface area contributed by atoms with Gasteiger partial charge in [0.1, 0.15) is 11.9 Å². The lowest BCUT2D eigenvalue weighted by molar-refractivity contribution is 0.130. The highest BCUT2D eigenvalue weighted by atomic mass is 32.2. The van der Waals surface area contributed by atoms with Crippen LogP contribution in [0.4, 0.5) is 4.39 Å². The molecule has 2 heterocycles. The quantitative estimate of drug-likeness (QED) is 0.688. The Labute approximate surface area is 156 Å². The maximum atomic E-state index is 13.4. The molecule has 0 aliphatic carbocycles. The predicted octanol–water partition coefficient (Wildman–Crippen LogP) is 3.00. The van der Waals surface area contributed by atoms with Crippen molar-refractivity contribution in [2.45, 2.75) is 23.8 Å². The summed E-state index contributed by atoms with van der Waals surface area (Å²) in [5.41, 5.74) is 0. The Hall–Kier alpha value is -2.58. The summed E-state index contributed by atoms with van der Waals surface area (Å²) in [5, 5.41) is 9.86. The van der Waals surface area contributed by atoms with E-state index in [2.05, 4.69) is 10.2 Å². The van der Waals surface area contributed by atoms with Crippen molar-refractivity contribution in [1.82, 2.24) is 14.5 Å². The first-order valence-electron chi connectivity index (χ1n) is 8.67. The van der Waals surface area contributed by atoms with Crippen LogP contribution in [0.15, 0.2) is 59.6 Å². The summed E-state index contributed by atoms with van der Waals surface area (Å²) >= 11 is 0. The average molecular weight is 387 g/mol. The van der Waals surface area contributed by atoms with E-state index in [4.69, 9.17) is 4.74 Å². The van der Waals surface area contributed by atoms with Gasteiger partial charge in [-0.3, -0.25) is 0 Å². The molecule has 27 heavy (non-hydrogen) atoms. The third-order valence-corrected chi connectivity index (χ3v) is 6.54. The predicted molar refractivity (Wildman–Crippen MR) is 98.3 cm³/mol. The fraction of sp³-hybridized carbons (Fsp3) is 0.263. The summed E-state index contributed by atoms with van der Waals surface area (Å²) in [4.78, 5) is -0.0261. The average Bonchev–Trinajstić information content (AvgIpc) is 2.69. The van der Waals surface area contributed by atoms with Crippen LogP contribution >= 0.6 is 0 Å². The number of fused-ring (bicyclic) bond motifs is 1. The first kappa shape index (κ1) is 17.8. The van der Waals surface area contributed by atoms with E-state index >= 15 is 0 Å². The number of halogens is 1. The summed E-state index contributed by atoms with van der Waals surface area (Å²) in [6.07, 6.45) is 2.58. The summed E-state index contributed by atoms with van der Waals surface area (Å²) in [5.74, 6) is -0.108. The summed E-state index contributed by atoms with van der Waals surface area (Å²) in [6.45, 7) is 0.615. The van der Waals surface area contributed by atoms with Crippen LogP contribution in [0.2, 0.25) is 0 Å². The van der Waals surface area contributed by atoms with Crippen molar-refractivity contribution in [1.29, 1.82) is 0 Å². The summed E-state index contributed by atoms with van der Waals surface area (Å²) in [7, 11) is -3.71. The maximum absolute atomic E-state index is 13.4. The Bertz CT molecular complexity index is 1060. The molecule has 3 aromatic rings. The van der Waals surface area contributed by atoms with Crippen LogP contribution in [0.5, 0.6) is 5.88 Å². The largest absolute Gasteiger partial charge is 0.473 e. The van der Waals surface area contributed by atoms with Crippen molar-refractivity contribution in [2.75, 3.05) is 13.1 Å². The highest BCUT2D eigenvalue weighted by Gasteiger charge is 2.30. The van der Waals surface area contributed by atoms with Crippen molar-refractivity contribution in [3.05, 3.63) is 60.5 Å². The Morgan fingerprint density at radius 1 is 1.07 bits per heavy atom. The van der Waals surface area contributed by atoms with E-state index in [1.807, 2.05) is 24.3 Å². The van der Waals surface area contributed by atoms with Gasteiger partial charge in [-0.1, -0.05) is 24.3 Å². The fourth-order valence-corrected chi connectivity index (χ4v) is 4.72. The lowest BCUT2D eigenvalue weighted by atomic mass is 10.1. The van der Waals surface area contributed by atoms with Gasteiger partial charge in [0, 0.05) is 23.9 Å². The van der Waals surface area contributed by atoms with Gasteiger partial charge in [0.25, 0.3) is 0 Å². The third kappa shape index (κ3) is 3.63.